The van der Waals surface area contributed by atoms with Crippen molar-refractivity contribution in [1.82, 2.24) is 5.32 Å². The minimum Gasteiger partial charge on any atom is -0.444 e. The van der Waals surface area contributed by atoms with E-state index in [-0.39, 0.29) is 6.09 Å². The van der Waals surface area contributed by atoms with Crippen molar-refractivity contribution in [2.45, 2.75) is 45.6 Å². The van der Waals surface area contributed by atoms with E-state index in [1.54, 1.807) is 0 Å². The first-order valence-electron chi connectivity index (χ1n) is 8.40. The van der Waals surface area contributed by atoms with E-state index >= 15 is 0 Å². The van der Waals surface area contributed by atoms with Crippen LogP contribution in [0.1, 0.15) is 51.2 Å². The molecule has 0 heterocycles. The molecule has 0 radical (unpaired) electrons. The molecule has 5 nitrogen and oxygen atoms in total. The van der Waals surface area contributed by atoms with Gasteiger partial charge in [-0.05, 0) is 51.8 Å². The van der Waals surface area contributed by atoms with Crippen LogP contribution in [0.5, 0.6) is 0 Å². The number of hydrogen-bond acceptors (Lipinski definition) is 4. The van der Waals surface area contributed by atoms with Crippen LogP contribution in [0, 0.1) is 23.2 Å². The van der Waals surface area contributed by atoms with Crippen molar-refractivity contribution < 1.29 is 9.53 Å². The summed E-state index contributed by atoms with van der Waals surface area (Å²) in [6.07, 6.45) is 2.09. The molecule has 5 heteroatoms. The van der Waals surface area contributed by atoms with E-state index in [0.29, 0.717) is 12.1 Å². The average molecular weight is 341 g/mol. The third-order valence-electron chi connectivity index (χ3n) is 3.23. The number of benzene rings is 1. The maximum absolute atomic E-state index is 11.5. The van der Waals surface area contributed by atoms with Gasteiger partial charge in [-0.2, -0.15) is 5.26 Å². The van der Waals surface area contributed by atoms with Crippen LogP contribution >= 0.6 is 0 Å². The summed E-state index contributed by atoms with van der Waals surface area (Å²) < 4.78 is 5.16. The number of alkyl carbamates (subject to hydrolysis) is 1. The van der Waals surface area contributed by atoms with Gasteiger partial charge in [-0.1, -0.05) is 11.8 Å². The highest BCUT2D eigenvalue weighted by Crippen LogP contribution is 2.18. The monoisotopic (exact) mass is 341 g/mol. The molecule has 0 unspecified atom stereocenters. The van der Waals surface area contributed by atoms with Crippen LogP contribution in [0.3, 0.4) is 0 Å². The number of nitrogens with one attached hydrogen (secondary N) is 1. The number of nitriles is 1. The molecule has 0 saturated heterocycles. The van der Waals surface area contributed by atoms with Crippen molar-refractivity contribution in [2.24, 2.45) is 0 Å². The first-order chi connectivity index (χ1) is 11.7. The van der Waals surface area contributed by atoms with Gasteiger partial charge in [0.15, 0.2) is 0 Å². The molecule has 1 amide bonds. The maximum atomic E-state index is 11.5. The highest BCUT2D eigenvalue weighted by molar-refractivity contribution is 5.67. The van der Waals surface area contributed by atoms with Gasteiger partial charge in [0.2, 0.25) is 0 Å². The molecule has 0 aromatic heterocycles. The van der Waals surface area contributed by atoms with Gasteiger partial charge in [0.05, 0.1) is 11.3 Å². The van der Waals surface area contributed by atoms with Crippen molar-refractivity contribution in [3.05, 3.63) is 29.3 Å². The average Bonchev–Trinajstić information content (AvgIpc) is 2.51. The molecule has 0 bridgehead atoms. The van der Waals surface area contributed by atoms with Crippen LogP contribution in [0.25, 0.3) is 0 Å². The fourth-order valence-electron chi connectivity index (χ4n) is 2.10. The van der Waals surface area contributed by atoms with Gasteiger partial charge >= 0.3 is 6.09 Å². The summed E-state index contributed by atoms with van der Waals surface area (Å²) in [4.78, 5) is 13.4. The number of ether oxygens (including phenoxy) is 1. The van der Waals surface area contributed by atoms with E-state index in [4.69, 9.17) is 4.74 Å². The van der Waals surface area contributed by atoms with E-state index in [1.165, 1.54) is 0 Å². The number of anilines is 1. The highest BCUT2D eigenvalue weighted by atomic mass is 16.6. The molecule has 0 saturated carbocycles. The molecule has 0 aliphatic rings. The Morgan fingerprint density at radius 1 is 1.28 bits per heavy atom. The maximum Gasteiger partial charge on any atom is 0.407 e. The number of amides is 1. The lowest BCUT2D eigenvalue weighted by Crippen LogP contribution is -2.32. The number of rotatable bonds is 5. The second-order valence-electron chi connectivity index (χ2n) is 6.93. The SMILES string of the molecule is CN(C)c1ccc(C#CCCCCNC(=O)OC(C)(C)C)cc1C#N. The zero-order chi connectivity index (χ0) is 18.9. The number of nitrogens with zero attached hydrogens (tertiary/aromatic N) is 2. The van der Waals surface area contributed by atoms with E-state index in [1.807, 2.05) is 58.0 Å². The summed E-state index contributed by atoms with van der Waals surface area (Å²) in [6, 6.07) is 7.85. The third-order valence-corrected chi connectivity index (χ3v) is 3.23. The lowest BCUT2D eigenvalue weighted by molar-refractivity contribution is 0.0527. The molecular weight excluding hydrogens is 314 g/mol. The Bertz CT molecular complexity index is 686. The van der Waals surface area contributed by atoms with Gasteiger partial charge in [0, 0.05) is 32.6 Å². The largest absolute Gasteiger partial charge is 0.444 e. The van der Waals surface area contributed by atoms with Gasteiger partial charge in [0.1, 0.15) is 11.7 Å². The van der Waals surface area contributed by atoms with E-state index in [2.05, 4.69) is 23.2 Å². The van der Waals surface area contributed by atoms with Gasteiger partial charge in [0.25, 0.3) is 0 Å². The van der Waals surface area contributed by atoms with E-state index < -0.39 is 5.60 Å². The van der Waals surface area contributed by atoms with Crippen molar-refractivity contribution in [3.8, 4) is 17.9 Å². The molecule has 1 rings (SSSR count). The molecule has 1 aromatic rings. The van der Waals surface area contributed by atoms with E-state index in [0.717, 1.165) is 30.5 Å². The summed E-state index contributed by atoms with van der Waals surface area (Å²) in [7, 11) is 3.82. The second-order valence-corrected chi connectivity index (χ2v) is 6.93. The Labute approximate surface area is 151 Å². The summed E-state index contributed by atoms with van der Waals surface area (Å²) in [5, 5.41) is 11.9. The third kappa shape index (κ3) is 8.13. The van der Waals surface area contributed by atoms with Crippen LogP contribution in [-0.2, 0) is 4.74 Å². The molecule has 1 N–H and O–H groups in total. The Morgan fingerprint density at radius 3 is 2.60 bits per heavy atom. The number of carbonyl (C=O) groups is 1. The lowest BCUT2D eigenvalue weighted by atomic mass is 10.1. The van der Waals surface area contributed by atoms with Gasteiger partial charge in [-0.25, -0.2) is 4.79 Å². The Kier molecular flexibility index (Phi) is 7.82. The molecule has 25 heavy (non-hydrogen) atoms. The van der Waals surface area contributed by atoms with Crippen LogP contribution in [-0.4, -0.2) is 32.3 Å². The summed E-state index contributed by atoms with van der Waals surface area (Å²) in [5.74, 6) is 6.20. The predicted octanol–water partition coefficient (Wildman–Crippen LogP) is 3.67. The van der Waals surface area contributed by atoms with Crippen LogP contribution in [0.15, 0.2) is 18.2 Å². The molecule has 0 aliphatic carbocycles. The standard InChI is InChI=1S/C20H27N3O2/c1-20(2,3)25-19(24)22-13-9-7-6-8-10-16-11-12-18(23(4)5)17(14-16)15-21/h11-12,14H,6-7,9,13H2,1-5H3,(H,22,24). The van der Waals surface area contributed by atoms with Gasteiger partial charge in [-0.3, -0.25) is 0 Å². The Balaban J connectivity index is 2.37. The molecule has 0 atom stereocenters. The lowest BCUT2D eigenvalue weighted by Gasteiger charge is -2.19. The quantitative estimate of drug-likeness (QED) is 0.655. The molecule has 0 fully saturated rings. The van der Waals surface area contributed by atoms with Crippen molar-refractivity contribution >= 4 is 11.8 Å². The minimum atomic E-state index is -0.472. The Morgan fingerprint density at radius 2 is 2.00 bits per heavy atom. The molecule has 0 aliphatic heterocycles. The first kappa shape index (κ1) is 20.4. The zero-order valence-electron chi connectivity index (χ0n) is 15.8. The van der Waals surface area contributed by atoms with Gasteiger partial charge < -0.3 is 15.0 Å². The van der Waals surface area contributed by atoms with E-state index in [9.17, 15) is 10.1 Å². The van der Waals surface area contributed by atoms with Crippen LogP contribution < -0.4 is 10.2 Å². The summed E-state index contributed by atoms with van der Waals surface area (Å²) >= 11 is 0. The normalized spacial score (nSPS) is 10.2. The number of carbonyl (C=O) groups excluding carboxylic acids is 1. The fourth-order valence-corrected chi connectivity index (χ4v) is 2.10. The molecule has 0 spiro atoms. The van der Waals surface area contributed by atoms with Crippen molar-refractivity contribution in [2.75, 3.05) is 25.5 Å². The predicted molar refractivity (Wildman–Crippen MR) is 100 cm³/mol. The summed E-state index contributed by atoms with van der Waals surface area (Å²) in [6.45, 7) is 6.09. The number of hydrogen-bond donors (Lipinski definition) is 1. The van der Waals surface area contributed by atoms with Crippen molar-refractivity contribution in [3.63, 3.8) is 0 Å². The van der Waals surface area contributed by atoms with Crippen LogP contribution in [0.4, 0.5) is 10.5 Å². The smallest absolute Gasteiger partial charge is 0.407 e. The fraction of sp³-hybridized carbons (Fsp3) is 0.500. The summed E-state index contributed by atoms with van der Waals surface area (Å²) in [5.41, 5.74) is 1.88. The number of unbranched alkanes of at least 4 members (excludes halogenated alkanes) is 2. The van der Waals surface area contributed by atoms with Crippen LogP contribution in [0.2, 0.25) is 0 Å². The molecular formula is C20H27N3O2. The highest BCUT2D eigenvalue weighted by Gasteiger charge is 2.15. The first-order valence-corrected chi connectivity index (χ1v) is 8.40. The molecule has 134 valence electrons. The zero-order valence-corrected chi connectivity index (χ0v) is 15.8. The second kappa shape index (κ2) is 9.59. The molecule has 1 aromatic carbocycles. The topological polar surface area (TPSA) is 65.4 Å². The van der Waals surface area contributed by atoms with Crippen molar-refractivity contribution in [1.29, 1.82) is 5.26 Å². The Hall–Kier alpha value is -2.66. The van der Waals surface area contributed by atoms with Gasteiger partial charge in [-0.15, -0.1) is 0 Å². The minimum absolute atomic E-state index is 0.386.